The first-order chi connectivity index (χ1) is 18.2. The number of carboxylic acid groups (broad SMARTS) is 1. The van der Waals surface area contributed by atoms with Crippen molar-refractivity contribution in [2.45, 2.75) is 30.9 Å². The minimum atomic E-state index is -5.08. The third-order valence-electron chi connectivity index (χ3n) is 5.60. The highest BCUT2D eigenvalue weighted by Gasteiger charge is 2.49. The van der Waals surface area contributed by atoms with Gasteiger partial charge in [-0.05, 0) is 24.3 Å². The summed E-state index contributed by atoms with van der Waals surface area (Å²) in [5, 5.41) is 7.95. The Hall–Kier alpha value is -4.30. The van der Waals surface area contributed by atoms with Crippen LogP contribution in [-0.4, -0.2) is 64.5 Å². The van der Waals surface area contributed by atoms with Crippen LogP contribution in [0.5, 0.6) is 17.4 Å². The predicted molar refractivity (Wildman–Crippen MR) is 118 cm³/mol. The fourth-order valence-electron chi connectivity index (χ4n) is 3.74. The van der Waals surface area contributed by atoms with Gasteiger partial charge in [-0.15, -0.1) is 8.78 Å². The number of carboxylic acids is 1. The molecule has 208 valence electrons. The van der Waals surface area contributed by atoms with Gasteiger partial charge in [-0.1, -0.05) is 24.3 Å². The molecule has 2 aromatic carbocycles. The first-order valence-electron chi connectivity index (χ1n) is 11.0. The molecule has 1 N–H and O–H groups in total. The van der Waals surface area contributed by atoms with Crippen molar-refractivity contribution in [3.63, 3.8) is 0 Å². The van der Waals surface area contributed by atoms with Gasteiger partial charge in [0.1, 0.15) is 0 Å². The van der Waals surface area contributed by atoms with Crippen LogP contribution in [0.2, 0.25) is 0 Å². The normalized spacial score (nSPS) is 19.2. The van der Waals surface area contributed by atoms with Crippen LogP contribution < -0.4 is 14.2 Å². The lowest BCUT2D eigenvalue weighted by molar-refractivity contribution is -0.286. The maximum atomic E-state index is 14.6. The molecule has 0 radical (unpaired) electrons. The molecule has 5 rings (SSSR count). The van der Waals surface area contributed by atoms with Gasteiger partial charge in [0, 0.05) is 24.4 Å². The second-order valence-corrected chi connectivity index (χ2v) is 8.31. The van der Waals surface area contributed by atoms with Crippen molar-refractivity contribution in [3.05, 3.63) is 60.2 Å². The van der Waals surface area contributed by atoms with Crippen LogP contribution in [0.25, 0.3) is 10.9 Å². The molecule has 0 spiro atoms. The summed E-state index contributed by atoms with van der Waals surface area (Å²) < 4.78 is 102. The molecule has 0 bridgehead atoms. The van der Waals surface area contributed by atoms with E-state index in [-0.39, 0.29) is 23.7 Å². The van der Waals surface area contributed by atoms with Gasteiger partial charge in [0.25, 0.3) is 11.8 Å². The van der Waals surface area contributed by atoms with Crippen molar-refractivity contribution in [1.82, 2.24) is 9.88 Å². The molecule has 1 saturated heterocycles. The van der Waals surface area contributed by atoms with Gasteiger partial charge in [-0.25, -0.2) is 18.6 Å². The number of hydrogen-bond acceptors (Lipinski definition) is 6. The van der Waals surface area contributed by atoms with E-state index in [2.05, 4.69) is 14.5 Å². The van der Waals surface area contributed by atoms with E-state index in [9.17, 15) is 35.5 Å². The molecule has 1 amide bonds. The van der Waals surface area contributed by atoms with E-state index >= 15 is 0 Å². The van der Waals surface area contributed by atoms with Gasteiger partial charge in [-0.3, -0.25) is 4.79 Å². The Labute approximate surface area is 214 Å². The molecule has 3 aromatic rings. The number of rotatable bonds is 3. The highest BCUT2D eigenvalue weighted by Crippen LogP contribution is 2.44. The SMILES string of the molecule is O=C(O)C(F)(F)F.O=C(c1cccc2c1OC(F)(F)O2)N1CCC(F)(F)C(Oc2ccc3ccccc3n2)C1. The molecule has 0 aliphatic carbocycles. The average molecular weight is 562 g/mol. The van der Waals surface area contributed by atoms with Crippen LogP contribution in [0, 0.1) is 0 Å². The maximum Gasteiger partial charge on any atom is 0.586 e. The monoisotopic (exact) mass is 562 g/mol. The Balaban J connectivity index is 0.000000448. The number of carbonyl (C=O) groups is 2. The molecular formula is C24H17F7N2O6. The fraction of sp³-hybridized carbons (Fsp3) is 0.292. The highest BCUT2D eigenvalue weighted by molar-refractivity contribution is 5.98. The Bertz CT molecular complexity index is 1400. The van der Waals surface area contributed by atoms with Crippen molar-refractivity contribution in [2.24, 2.45) is 0 Å². The number of aromatic nitrogens is 1. The quantitative estimate of drug-likeness (QED) is 0.443. The number of hydrogen-bond donors (Lipinski definition) is 1. The number of amides is 1. The van der Waals surface area contributed by atoms with E-state index in [4.69, 9.17) is 14.6 Å². The maximum absolute atomic E-state index is 14.6. The van der Waals surface area contributed by atoms with Crippen LogP contribution >= 0.6 is 0 Å². The number of pyridine rings is 1. The number of alkyl halides is 7. The third kappa shape index (κ3) is 6.23. The molecule has 1 unspecified atom stereocenters. The standard InChI is InChI=1S/C22H16F4N2O4.C2HF3O2/c23-21(24)10-11-28(20(29)14-5-3-7-16-19(14)32-22(25,26)31-16)12-17(21)30-18-9-8-13-4-1-2-6-15(13)27-18;3-2(4,5)1(6)7/h1-9,17H,10-12H2;(H,6,7). The summed E-state index contributed by atoms with van der Waals surface area (Å²) in [6, 6.07) is 14.2. The van der Waals surface area contributed by atoms with Crippen molar-refractivity contribution < 1.29 is 59.6 Å². The zero-order valence-electron chi connectivity index (χ0n) is 19.4. The number of carbonyl (C=O) groups excluding carboxylic acids is 1. The molecule has 39 heavy (non-hydrogen) atoms. The fourth-order valence-corrected chi connectivity index (χ4v) is 3.74. The summed E-state index contributed by atoms with van der Waals surface area (Å²) in [5.74, 6) is -7.43. The molecule has 1 atom stereocenters. The summed E-state index contributed by atoms with van der Waals surface area (Å²) in [5.41, 5.74) is 0.377. The molecule has 2 aliphatic rings. The molecular weight excluding hydrogens is 545 g/mol. The molecule has 8 nitrogen and oxygen atoms in total. The predicted octanol–water partition coefficient (Wildman–Crippen LogP) is 5.12. The number of aliphatic carboxylic acids is 1. The molecule has 3 heterocycles. The summed E-state index contributed by atoms with van der Waals surface area (Å²) in [6.07, 6.45) is -11.3. The lowest BCUT2D eigenvalue weighted by atomic mass is 10.0. The first kappa shape index (κ1) is 27.7. The van der Waals surface area contributed by atoms with Crippen molar-refractivity contribution >= 4 is 22.8 Å². The van der Waals surface area contributed by atoms with Gasteiger partial charge < -0.3 is 24.2 Å². The first-order valence-corrected chi connectivity index (χ1v) is 11.0. The summed E-state index contributed by atoms with van der Waals surface area (Å²) in [4.78, 5) is 27.3. The zero-order valence-corrected chi connectivity index (χ0v) is 19.4. The van der Waals surface area contributed by atoms with Gasteiger partial charge >= 0.3 is 18.4 Å². The Kier molecular flexibility index (Phi) is 7.19. The summed E-state index contributed by atoms with van der Waals surface area (Å²) >= 11 is 0. The van der Waals surface area contributed by atoms with Crippen LogP contribution in [0.1, 0.15) is 16.8 Å². The second kappa shape index (κ2) is 10.1. The van der Waals surface area contributed by atoms with Crippen molar-refractivity contribution in [3.8, 4) is 17.4 Å². The summed E-state index contributed by atoms with van der Waals surface area (Å²) in [6.45, 7) is -0.737. The molecule has 1 fully saturated rings. The molecule has 1 aromatic heterocycles. The Morgan fingerprint density at radius 2 is 1.69 bits per heavy atom. The zero-order chi connectivity index (χ0) is 28.6. The topological polar surface area (TPSA) is 98.2 Å². The van der Waals surface area contributed by atoms with Gasteiger partial charge in [-0.2, -0.15) is 13.2 Å². The lowest BCUT2D eigenvalue weighted by Gasteiger charge is -2.38. The lowest BCUT2D eigenvalue weighted by Crippen LogP contribution is -2.55. The smallest absolute Gasteiger partial charge is 0.475 e. The average Bonchev–Trinajstić information content (AvgIpc) is 3.18. The second-order valence-electron chi connectivity index (χ2n) is 8.31. The number of benzene rings is 2. The largest absolute Gasteiger partial charge is 0.586 e. The van der Waals surface area contributed by atoms with E-state index < -0.39 is 55.1 Å². The van der Waals surface area contributed by atoms with Crippen LogP contribution in [-0.2, 0) is 4.79 Å². The van der Waals surface area contributed by atoms with Crippen molar-refractivity contribution in [2.75, 3.05) is 13.1 Å². The highest BCUT2D eigenvalue weighted by atomic mass is 19.4. The number of fused-ring (bicyclic) bond motifs is 2. The molecule has 2 aliphatic heterocycles. The molecule has 0 saturated carbocycles. The number of likely N-dealkylation sites (tertiary alicyclic amines) is 1. The van der Waals surface area contributed by atoms with Gasteiger partial charge in [0.15, 0.2) is 17.6 Å². The number of halogens is 7. The van der Waals surface area contributed by atoms with Gasteiger partial charge in [0.2, 0.25) is 5.88 Å². The van der Waals surface area contributed by atoms with Crippen LogP contribution in [0.15, 0.2) is 54.6 Å². The number of ether oxygens (including phenoxy) is 3. The van der Waals surface area contributed by atoms with Gasteiger partial charge in [0.05, 0.1) is 17.6 Å². The van der Waals surface area contributed by atoms with E-state index in [1.54, 1.807) is 18.2 Å². The summed E-state index contributed by atoms with van der Waals surface area (Å²) in [7, 11) is 0. The molecule has 15 heteroatoms. The minimum Gasteiger partial charge on any atom is -0.475 e. The number of piperidine rings is 1. The number of nitrogens with zero attached hydrogens (tertiary/aromatic N) is 2. The number of para-hydroxylation sites is 2. The van der Waals surface area contributed by atoms with E-state index in [1.165, 1.54) is 24.3 Å². The van der Waals surface area contributed by atoms with Crippen LogP contribution in [0.4, 0.5) is 30.7 Å². The van der Waals surface area contributed by atoms with E-state index in [0.29, 0.717) is 5.52 Å². The van der Waals surface area contributed by atoms with E-state index in [0.717, 1.165) is 10.3 Å². The third-order valence-corrected chi connectivity index (χ3v) is 5.60. The van der Waals surface area contributed by atoms with Crippen molar-refractivity contribution in [1.29, 1.82) is 0 Å². The Morgan fingerprint density at radius 1 is 1.00 bits per heavy atom. The minimum absolute atomic E-state index is 0.000322. The van der Waals surface area contributed by atoms with E-state index in [1.807, 2.05) is 12.1 Å². The Morgan fingerprint density at radius 3 is 2.38 bits per heavy atom. The van der Waals surface area contributed by atoms with Crippen LogP contribution in [0.3, 0.4) is 0 Å².